The van der Waals surface area contributed by atoms with Crippen LogP contribution in [0.3, 0.4) is 0 Å². The van der Waals surface area contributed by atoms with Gasteiger partial charge < -0.3 is 20.1 Å². The van der Waals surface area contributed by atoms with E-state index in [0.717, 1.165) is 17.5 Å². The first-order chi connectivity index (χ1) is 17.8. The molecule has 0 spiro atoms. The van der Waals surface area contributed by atoms with E-state index in [1.165, 1.54) is 34.0 Å². The molecule has 2 atom stereocenters. The van der Waals surface area contributed by atoms with Gasteiger partial charge in [-0.2, -0.15) is 0 Å². The number of anilines is 2. The molecule has 4 aromatic rings. The molecule has 0 aliphatic carbocycles. The highest BCUT2D eigenvalue weighted by Crippen LogP contribution is 2.41. The molecule has 0 radical (unpaired) electrons. The normalized spacial score (nSPS) is 15.8. The molecule has 2 N–H and O–H groups in total. The van der Waals surface area contributed by atoms with Crippen molar-refractivity contribution in [3.05, 3.63) is 101 Å². The zero-order valence-electron chi connectivity index (χ0n) is 20.0. The number of rotatable bonds is 7. The predicted molar refractivity (Wildman–Crippen MR) is 136 cm³/mol. The average molecular weight is 507 g/mol. The van der Waals surface area contributed by atoms with E-state index in [9.17, 15) is 18.7 Å². The molecule has 1 aliphatic rings. The van der Waals surface area contributed by atoms with Gasteiger partial charge in [-0.1, -0.05) is 42.5 Å². The molecule has 1 unspecified atom stereocenters. The second-order valence-corrected chi connectivity index (χ2v) is 9.06. The van der Waals surface area contributed by atoms with Gasteiger partial charge in [0.2, 0.25) is 0 Å². The highest BCUT2D eigenvalue weighted by atomic mass is 19.1. The third kappa shape index (κ3) is 4.84. The van der Waals surface area contributed by atoms with Crippen LogP contribution in [0, 0.1) is 17.5 Å². The fourth-order valence-electron chi connectivity index (χ4n) is 4.84. The number of carboxylic acid groups (broad SMARTS) is 1. The topological polar surface area (TPSA) is 61.8 Å². The van der Waals surface area contributed by atoms with E-state index in [4.69, 9.17) is 4.74 Å². The van der Waals surface area contributed by atoms with Crippen LogP contribution >= 0.6 is 0 Å². The molecule has 1 aliphatic heterocycles. The lowest BCUT2D eigenvalue weighted by atomic mass is 9.99. The van der Waals surface area contributed by atoms with Crippen molar-refractivity contribution in [2.45, 2.75) is 25.5 Å². The Morgan fingerprint density at radius 3 is 2.65 bits per heavy atom. The van der Waals surface area contributed by atoms with E-state index in [1.807, 2.05) is 18.2 Å². The van der Waals surface area contributed by atoms with Crippen molar-refractivity contribution in [1.29, 1.82) is 0 Å². The Morgan fingerprint density at radius 2 is 1.84 bits per heavy atom. The van der Waals surface area contributed by atoms with Gasteiger partial charge in [-0.3, -0.25) is 0 Å². The van der Waals surface area contributed by atoms with E-state index in [-0.39, 0.29) is 24.0 Å². The third-order valence-corrected chi connectivity index (χ3v) is 6.67. The van der Waals surface area contributed by atoms with E-state index >= 15 is 4.39 Å². The Kier molecular flexibility index (Phi) is 6.76. The fourth-order valence-corrected chi connectivity index (χ4v) is 4.84. The maximum atomic E-state index is 15.2. The van der Waals surface area contributed by atoms with Gasteiger partial charge >= 0.3 is 5.97 Å². The zero-order valence-corrected chi connectivity index (χ0v) is 20.0. The van der Waals surface area contributed by atoms with Gasteiger partial charge in [-0.25, -0.2) is 18.0 Å². The van der Waals surface area contributed by atoms with Crippen LogP contribution in [0.5, 0.6) is 5.75 Å². The largest absolute Gasteiger partial charge is 0.486 e. The summed E-state index contributed by atoms with van der Waals surface area (Å²) in [5, 5.41) is 15.1. The van der Waals surface area contributed by atoms with Crippen molar-refractivity contribution in [3.63, 3.8) is 0 Å². The molecule has 0 fully saturated rings. The van der Waals surface area contributed by atoms with Gasteiger partial charge in [0, 0.05) is 12.1 Å². The Balaban J connectivity index is 1.36. The van der Waals surface area contributed by atoms with Crippen molar-refractivity contribution < 1.29 is 27.8 Å². The number of hydrogen-bond donors (Lipinski definition) is 2. The maximum absolute atomic E-state index is 15.2. The summed E-state index contributed by atoms with van der Waals surface area (Å²) in [5.74, 6) is -4.33. The molecule has 0 aromatic heterocycles. The van der Waals surface area contributed by atoms with Gasteiger partial charge in [-0.05, 0) is 60.5 Å². The summed E-state index contributed by atoms with van der Waals surface area (Å²) in [4.78, 5) is 12.9. The van der Waals surface area contributed by atoms with Crippen molar-refractivity contribution in [2.24, 2.45) is 0 Å². The van der Waals surface area contributed by atoms with E-state index < -0.39 is 35.1 Å². The Bertz CT molecular complexity index is 1470. The minimum atomic E-state index is -1.72. The number of nitrogens with zero attached hydrogens (tertiary/aromatic N) is 1. The molecule has 0 bridgehead atoms. The smallest absolute Gasteiger partial charge is 0.341 e. The van der Waals surface area contributed by atoms with E-state index in [0.29, 0.717) is 18.7 Å². The van der Waals surface area contributed by atoms with Crippen LogP contribution in [-0.2, 0) is 0 Å². The molecule has 4 aromatic carbocycles. The van der Waals surface area contributed by atoms with Gasteiger partial charge in [0.1, 0.15) is 29.1 Å². The molecule has 0 saturated heterocycles. The van der Waals surface area contributed by atoms with Crippen LogP contribution in [0.4, 0.5) is 24.5 Å². The van der Waals surface area contributed by atoms with Gasteiger partial charge in [0.25, 0.3) is 0 Å². The van der Waals surface area contributed by atoms with Crippen LogP contribution in [-0.4, -0.2) is 30.3 Å². The highest BCUT2D eigenvalue weighted by molar-refractivity contribution is 5.90. The Hall–Kier alpha value is -4.04. The predicted octanol–water partition coefficient (Wildman–Crippen LogP) is 6.60. The van der Waals surface area contributed by atoms with Crippen molar-refractivity contribution in [1.82, 2.24) is 5.32 Å². The van der Waals surface area contributed by atoms with Crippen molar-refractivity contribution >= 4 is 28.1 Å². The summed E-state index contributed by atoms with van der Waals surface area (Å²) in [5.41, 5.74) is 0.204. The van der Waals surface area contributed by atoms with Crippen LogP contribution in [0.1, 0.15) is 35.3 Å². The summed E-state index contributed by atoms with van der Waals surface area (Å²) < 4.78 is 49.3. The lowest BCUT2D eigenvalue weighted by Crippen LogP contribution is -2.40. The molecule has 0 amide bonds. The summed E-state index contributed by atoms with van der Waals surface area (Å²) in [6.07, 6.45) is 0.125. The van der Waals surface area contributed by atoms with Gasteiger partial charge in [0.15, 0.2) is 5.82 Å². The molecular weight excluding hydrogens is 481 g/mol. The zero-order chi connectivity index (χ0) is 26.1. The van der Waals surface area contributed by atoms with Crippen molar-refractivity contribution in [2.75, 3.05) is 18.0 Å². The standard InChI is InChI=1S/C29H25F3N2O3/c1-17(21-8-4-6-18-5-2-3-7-22(18)21)33-14-13-20-16-34(25-15-19(30)9-12-26(25)37-20)24-11-10-23(31)27(28(24)32)29(35)36/h2-12,15,17,20,33H,13-14,16H2,1H3,(H,35,36)/t17-,20?/m1/s1. The average Bonchev–Trinajstić information content (AvgIpc) is 2.88. The minimum absolute atomic E-state index is 0.0554. The molecule has 1 heterocycles. The number of ether oxygens (including phenoxy) is 1. The lowest BCUT2D eigenvalue weighted by Gasteiger charge is -2.37. The molecule has 8 heteroatoms. The number of benzene rings is 4. The quantitative estimate of drug-likeness (QED) is 0.296. The van der Waals surface area contributed by atoms with Crippen LogP contribution < -0.4 is 15.0 Å². The van der Waals surface area contributed by atoms with Crippen LogP contribution in [0.15, 0.2) is 72.8 Å². The first-order valence-corrected chi connectivity index (χ1v) is 12.0. The summed E-state index contributed by atoms with van der Waals surface area (Å²) in [6.45, 7) is 2.78. The first-order valence-electron chi connectivity index (χ1n) is 12.0. The number of carbonyl (C=O) groups is 1. The molecule has 5 nitrogen and oxygen atoms in total. The number of nitrogens with one attached hydrogen (secondary N) is 1. The third-order valence-electron chi connectivity index (χ3n) is 6.67. The first kappa shape index (κ1) is 24.6. The number of hydrogen-bond acceptors (Lipinski definition) is 4. The van der Waals surface area contributed by atoms with Gasteiger partial charge in [0.05, 0.1) is 17.9 Å². The lowest BCUT2D eigenvalue weighted by molar-refractivity contribution is 0.0686. The van der Waals surface area contributed by atoms with Crippen LogP contribution in [0.2, 0.25) is 0 Å². The Morgan fingerprint density at radius 1 is 1.05 bits per heavy atom. The molecular formula is C29H25F3N2O3. The summed E-state index contributed by atoms with van der Waals surface area (Å²) in [7, 11) is 0. The van der Waals surface area contributed by atoms with Crippen molar-refractivity contribution in [3.8, 4) is 5.75 Å². The molecule has 5 rings (SSSR count). The summed E-state index contributed by atoms with van der Waals surface area (Å²) >= 11 is 0. The summed E-state index contributed by atoms with van der Waals surface area (Å²) in [6, 6.07) is 20.3. The fraction of sp³-hybridized carbons (Fsp3) is 0.207. The molecule has 190 valence electrons. The highest BCUT2D eigenvalue weighted by Gasteiger charge is 2.31. The second kappa shape index (κ2) is 10.1. The number of halogens is 3. The number of fused-ring (bicyclic) bond motifs is 2. The SMILES string of the molecule is C[C@@H](NCCC1CN(c2ccc(F)c(C(=O)O)c2F)c2cc(F)ccc2O1)c1cccc2ccccc12. The Labute approximate surface area is 212 Å². The van der Waals surface area contributed by atoms with Crippen LogP contribution in [0.25, 0.3) is 10.8 Å². The minimum Gasteiger partial charge on any atom is -0.486 e. The maximum Gasteiger partial charge on any atom is 0.341 e. The molecule has 37 heavy (non-hydrogen) atoms. The molecule has 0 saturated carbocycles. The van der Waals surface area contributed by atoms with E-state index in [2.05, 4.69) is 36.5 Å². The second-order valence-electron chi connectivity index (χ2n) is 9.06. The van der Waals surface area contributed by atoms with Gasteiger partial charge in [-0.15, -0.1) is 0 Å². The monoisotopic (exact) mass is 506 g/mol. The number of carboxylic acids is 1. The van der Waals surface area contributed by atoms with E-state index in [1.54, 1.807) is 0 Å². The number of aromatic carboxylic acids is 1.